The number of carbonyl (C=O) groups excluding carboxylic acids is 1. The summed E-state index contributed by atoms with van der Waals surface area (Å²) in [5.41, 5.74) is 1.44. The van der Waals surface area contributed by atoms with Crippen LogP contribution in [0.4, 0.5) is 5.69 Å². The van der Waals surface area contributed by atoms with Crippen molar-refractivity contribution in [3.8, 4) is 11.4 Å². The molecule has 1 saturated heterocycles. The molecule has 0 aliphatic carbocycles. The Morgan fingerprint density at radius 1 is 1.35 bits per heavy atom. The van der Waals surface area contributed by atoms with Gasteiger partial charge in [-0.25, -0.2) is 0 Å². The molecule has 1 aliphatic heterocycles. The Kier molecular flexibility index (Phi) is 2.90. The number of carboxylic acids is 1. The molecule has 8 nitrogen and oxygen atoms in total. The number of hydrogen-bond donors (Lipinski definition) is 2. The first-order valence-electron chi connectivity index (χ1n) is 6.02. The number of aromatic nitrogens is 4. The van der Waals surface area contributed by atoms with Gasteiger partial charge in [0, 0.05) is 24.2 Å². The minimum Gasteiger partial charge on any atom is -0.481 e. The molecule has 8 heteroatoms. The highest BCUT2D eigenvalue weighted by atomic mass is 16.4. The van der Waals surface area contributed by atoms with E-state index in [1.165, 1.54) is 4.90 Å². The summed E-state index contributed by atoms with van der Waals surface area (Å²) in [6.07, 6.45) is 0.0436. The summed E-state index contributed by atoms with van der Waals surface area (Å²) in [6, 6.07) is 7.02. The first kappa shape index (κ1) is 12.3. The van der Waals surface area contributed by atoms with E-state index >= 15 is 0 Å². The SMILES string of the molecule is O=C(O)C1CC(=O)N(c2ccc(-c3nn[nH]n3)cc2)C1. The predicted octanol–water partition coefficient (Wildman–Crippen LogP) is 0.304. The Bertz CT molecular complexity index is 638. The fourth-order valence-corrected chi connectivity index (χ4v) is 2.20. The van der Waals surface area contributed by atoms with Crippen LogP contribution in [0, 0.1) is 5.92 Å². The summed E-state index contributed by atoms with van der Waals surface area (Å²) in [5, 5.41) is 22.5. The van der Waals surface area contributed by atoms with Gasteiger partial charge >= 0.3 is 5.97 Å². The highest BCUT2D eigenvalue weighted by Crippen LogP contribution is 2.26. The van der Waals surface area contributed by atoms with Crippen LogP contribution in [0.5, 0.6) is 0 Å². The van der Waals surface area contributed by atoms with Gasteiger partial charge in [0.25, 0.3) is 0 Å². The number of nitrogens with one attached hydrogen (secondary N) is 1. The van der Waals surface area contributed by atoms with E-state index in [9.17, 15) is 9.59 Å². The van der Waals surface area contributed by atoms with Crippen molar-refractivity contribution in [3.05, 3.63) is 24.3 Å². The van der Waals surface area contributed by atoms with Crippen LogP contribution in [-0.4, -0.2) is 44.2 Å². The molecule has 1 aliphatic rings. The Morgan fingerprint density at radius 2 is 2.10 bits per heavy atom. The highest BCUT2D eigenvalue weighted by molar-refractivity contribution is 5.99. The van der Waals surface area contributed by atoms with E-state index in [4.69, 9.17) is 5.11 Å². The van der Waals surface area contributed by atoms with Crippen LogP contribution < -0.4 is 4.90 Å². The van der Waals surface area contributed by atoms with E-state index < -0.39 is 11.9 Å². The molecule has 2 aromatic rings. The third-order valence-corrected chi connectivity index (χ3v) is 3.26. The van der Waals surface area contributed by atoms with E-state index in [1.54, 1.807) is 24.3 Å². The average Bonchev–Trinajstić information content (AvgIpc) is 3.08. The first-order chi connectivity index (χ1) is 9.65. The van der Waals surface area contributed by atoms with E-state index in [0.717, 1.165) is 5.56 Å². The third-order valence-electron chi connectivity index (χ3n) is 3.26. The fraction of sp³-hybridized carbons (Fsp3) is 0.250. The third kappa shape index (κ3) is 2.11. The van der Waals surface area contributed by atoms with Crippen LogP contribution in [-0.2, 0) is 9.59 Å². The minimum atomic E-state index is -0.940. The molecule has 1 aromatic heterocycles. The zero-order valence-electron chi connectivity index (χ0n) is 10.4. The smallest absolute Gasteiger partial charge is 0.308 e. The van der Waals surface area contributed by atoms with Crippen LogP contribution in [0.25, 0.3) is 11.4 Å². The molecule has 2 N–H and O–H groups in total. The maximum atomic E-state index is 11.8. The second kappa shape index (κ2) is 4.72. The number of aliphatic carboxylic acids is 1. The molecular formula is C12H11N5O3. The van der Waals surface area contributed by atoms with Crippen molar-refractivity contribution < 1.29 is 14.7 Å². The van der Waals surface area contributed by atoms with Crippen molar-refractivity contribution >= 4 is 17.6 Å². The maximum absolute atomic E-state index is 11.8. The lowest BCUT2D eigenvalue weighted by molar-refractivity contribution is -0.141. The summed E-state index contributed by atoms with van der Waals surface area (Å²) < 4.78 is 0. The standard InChI is InChI=1S/C12H11N5O3/c18-10-5-8(12(19)20)6-17(10)9-3-1-7(2-4-9)11-13-15-16-14-11/h1-4,8H,5-6H2,(H,19,20)(H,13,14,15,16). The van der Waals surface area contributed by atoms with E-state index in [-0.39, 0.29) is 18.9 Å². The second-order valence-electron chi connectivity index (χ2n) is 4.53. The van der Waals surface area contributed by atoms with Crippen molar-refractivity contribution in [2.45, 2.75) is 6.42 Å². The number of benzene rings is 1. The molecule has 0 radical (unpaired) electrons. The van der Waals surface area contributed by atoms with Crippen LogP contribution in [0.2, 0.25) is 0 Å². The molecule has 102 valence electrons. The fourth-order valence-electron chi connectivity index (χ4n) is 2.20. The van der Waals surface area contributed by atoms with Gasteiger partial charge in [0.2, 0.25) is 11.7 Å². The minimum absolute atomic E-state index is 0.0436. The first-order valence-corrected chi connectivity index (χ1v) is 6.02. The number of tetrazole rings is 1. The molecule has 3 rings (SSSR count). The van der Waals surface area contributed by atoms with Crippen molar-refractivity contribution in [3.63, 3.8) is 0 Å². The zero-order chi connectivity index (χ0) is 14.1. The van der Waals surface area contributed by atoms with Gasteiger partial charge < -0.3 is 10.0 Å². The van der Waals surface area contributed by atoms with Crippen LogP contribution >= 0.6 is 0 Å². The number of carbonyl (C=O) groups is 2. The van der Waals surface area contributed by atoms with E-state index in [2.05, 4.69) is 20.6 Å². The molecule has 0 saturated carbocycles. The van der Waals surface area contributed by atoms with Gasteiger partial charge in [-0.2, -0.15) is 5.21 Å². The van der Waals surface area contributed by atoms with Crippen LogP contribution in [0.3, 0.4) is 0 Å². The lowest BCUT2D eigenvalue weighted by Gasteiger charge is -2.16. The van der Waals surface area contributed by atoms with Gasteiger partial charge in [0.1, 0.15) is 0 Å². The summed E-state index contributed by atoms with van der Waals surface area (Å²) >= 11 is 0. The summed E-state index contributed by atoms with van der Waals surface area (Å²) in [7, 11) is 0. The molecule has 0 bridgehead atoms. The number of anilines is 1. The molecule has 1 amide bonds. The number of hydrogen-bond acceptors (Lipinski definition) is 5. The normalized spacial score (nSPS) is 18.5. The predicted molar refractivity (Wildman–Crippen MR) is 67.7 cm³/mol. The van der Waals surface area contributed by atoms with E-state index in [0.29, 0.717) is 11.5 Å². The quantitative estimate of drug-likeness (QED) is 0.832. The maximum Gasteiger partial charge on any atom is 0.308 e. The van der Waals surface area contributed by atoms with Crippen molar-refractivity contribution in [1.29, 1.82) is 0 Å². The van der Waals surface area contributed by atoms with Gasteiger partial charge in [0.05, 0.1) is 5.92 Å². The zero-order valence-corrected chi connectivity index (χ0v) is 10.4. The number of amides is 1. The molecule has 1 fully saturated rings. The van der Waals surface area contributed by atoms with Crippen molar-refractivity contribution in [1.82, 2.24) is 20.6 Å². The van der Waals surface area contributed by atoms with Crippen molar-refractivity contribution in [2.75, 3.05) is 11.4 Å². The number of H-pyrrole nitrogens is 1. The molecule has 0 spiro atoms. The van der Waals surface area contributed by atoms with Gasteiger partial charge in [-0.3, -0.25) is 9.59 Å². The molecular weight excluding hydrogens is 262 g/mol. The number of carboxylic acid groups (broad SMARTS) is 1. The Morgan fingerprint density at radius 3 is 2.65 bits per heavy atom. The monoisotopic (exact) mass is 273 g/mol. The molecule has 20 heavy (non-hydrogen) atoms. The van der Waals surface area contributed by atoms with Crippen LogP contribution in [0.15, 0.2) is 24.3 Å². The molecule has 1 unspecified atom stereocenters. The second-order valence-corrected chi connectivity index (χ2v) is 4.53. The Hall–Kier alpha value is -2.77. The van der Waals surface area contributed by atoms with Gasteiger partial charge in [-0.05, 0) is 29.5 Å². The Labute approximate surface area is 113 Å². The topological polar surface area (TPSA) is 112 Å². The van der Waals surface area contributed by atoms with Gasteiger partial charge in [-0.15, -0.1) is 10.2 Å². The summed E-state index contributed by atoms with van der Waals surface area (Å²) in [5.74, 6) is -1.29. The largest absolute Gasteiger partial charge is 0.481 e. The number of nitrogens with zero attached hydrogens (tertiary/aromatic N) is 4. The van der Waals surface area contributed by atoms with Gasteiger partial charge in [-0.1, -0.05) is 0 Å². The van der Waals surface area contributed by atoms with Crippen LogP contribution in [0.1, 0.15) is 6.42 Å². The van der Waals surface area contributed by atoms with Gasteiger partial charge in [0.15, 0.2) is 0 Å². The highest BCUT2D eigenvalue weighted by Gasteiger charge is 2.34. The average molecular weight is 273 g/mol. The lowest BCUT2D eigenvalue weighted by atomic mass is 10.1. The summed E-state index contributed by atoms with van der Waals surface area (Å²) in [4.78, 5) is 24.2. The Balaban J connectivity index is 1.82. The number of rotatable bonds is 3. The molecule has 1 aromatic carbocycles. The molecule has 2 heterocycles. The van der Waals surface area contributed by atoms with E-state index in [1.807, 2.05) is 0 Å². The molecule has 1 atom stereocenters. The lowest BCUT2D eigenvalue weighted by Crippen LogP contribution is -2.25. The van der Waals surface area contributed by atoms with Crippen molar-refractivity contribution in [2.24, 2.45) is 5.92 Å². The number of aromatic amines is 1. The summed E-state index contributed by atoms with van der Waals surface area (Å²) in [6.45, 7) is 0.204.